The van der Waals surface area contributed by atoms with Crippen molar-refractivity contribution in [3.8, 4) is 11.1 Å². The molecule has 0 saturated carbocycles. The Kier molecular flexibility index (Phi) is 5.46. The number of esters is 2. The minimum Gasteiger partial charge on any atom is -0.466 e. The van der Waals surface area contributed by atoms with Crippen LogP contribution in [0.4, 0.5) is 5.69 Å². The Morgan fingerprint density at radius 2 is 1.78 bits per heavy atom. The van der Waals surface area contributed by atoms with Crippen molar-refractivity contribution in [3.05, 3.63) is 60.6 Å². The highest BCUT2D eigenvalue weighted by atomic mass is 16.5. The third kappa shape index (κ3) is 4.41. The number of aromatic nitrogens is 1. The first kappa shape index (κ1) is 16.2. The van der Waals surface area contributed by atoms with E-state index in [-0.39, 0.29) is 5.70 Å². The van der Waals surface area contributed by atoms with Crippen molar-refractivity contribution >= 4 is 17.6 Å². The normalized spacial score (nSPS) is 10.8. The van der Waals surface area contributed by atoms with Crippen molar-refractivity contribution in [1.29, 1.82) is 0 Å². The fourth-order valence-corrected chi connectivity index (χ4v) is 1.91. The van der Waals surface area contributed by atoms with Gasteiger partial charge in [0.1, 0.15) is 5.70 Å². The molecule has 0 amide bonds. The van der Waals surface area contributed by atoms with Gasteiger partial charge in [-0.05, 0) is 35.4 Å². The third-order valence-corrected chi connectivity index (χ3v) is 3.02. The molecule has 0 bridgehead atoms. The summed E-state index contributed by atoms with van der Waals surface area (Å²) in [6, 6.07) is 11.2. The van der Waals surface area contributed by atoms with Gasteiger partial charge in [-0.1, -0.05) is 12.1 Å². The molecule has 118 valence electrons. The zero-order chi connectivity index (χ0) is 16.7. The summed E-state index contributed by atoms with van der Waals surface area (Å²) in [5, 5.41) is 2.88. The molecule has 2 aromatic rings. The zero-order valence-corrected chi connectivity index (χ0v) is 12.8. The average Bonchev–Trinajstić information content (AvgIpc) is 2.61. The molecule has 0 spiro atoms. The van der Waals surface area contributed by atoms with Crippen LogP contribution < -0.4 is 5.32 Å². The second-order valence-corrected chi connectivity index (χ2v) is 4.51. The summed E-state index contributed by atoms with van der Waals surface area (Å²) in [5.41, 5.74) is 2.56. The molecule has 0 aliphatic heterocycles. The first-order valence-corrected chi connectivity index (χ1v) is 6.79. The van der Waals surface area contributed by atoms with E-state index in [1.807, 2.05) is 30.3 Å². The number of nitrogens with one attached hydrogen (secondary N) is 1. The summed E-state index contributed by atoms with van der Waals surface area (Å²) in [4.78, 5) is 27.1. The van der Waals surface area contributed by atoms with Gasteiger partial charge >= 0.3 is 11.9 Å². The Hall–Kier alpha value is -3.15. The average molecular weight is 312 g/mol. The molecular formula is C17H16N2O4. The van der Waals surface area contributed by atoms with Gasteiger partial charge in [0.15, 0.2) is 0 Å². The lowest BCUT2D eigenvalue weighted by Crippen LogP contribution is -2.15. The molecule has 1 N–H and O–H groups in total. The van der Waals surface area contributed by atoms with E-state index in [9.17, 15) is 9.59 Å². The zero-order valence-electron chi connectivity index (χ0n) is 12.8. The van der Waals surface area contributed by atoms with E-state index in [1.54, 1.807) is 18.5 Å². The first-order chi connectivity index (χ1) is 11.1. The lowest BCUT2D eigenvalue weighted by Gasteiger charge is -2.10. The van der Waals surface area contributed by atoms with Crippen molar-refractivity contribution in [1.82, 2.24) is 4.98 Å². The van der Waals surface area contributed by atoms with Crippen molar-refractivity contribution in [2.75, 3.05) is 19.5 Å². The van der Waals surface area contributed by atoms with Crippen LogP contribution >= 0.6 is 0 Å². The van der Waals surface area contributed by atoms with E-state index < -0.39 is 11.9 Å². The Morgan fingerprint density at radius 3 is 2.43 bits per heavy atom. The number of rotatable bonds is 5. The summed E-state index contributed by atoms with van der Waals surface area (Å²) in [6.45, 7) is 0. The maximum atomic E-state index is 11.8. The van der Waals surface area contributed by atoms with Crippen LogP contribution in [-0.2, 0) is 19.1 Å². The van der Waals surface area contributed by atoms with Crippen LogP contribution in [0.25, 0.3) is 11.1 Å². The van der Waals surface area contributed by atoms with Crippen molar-refractivity contribution in [3.63, 3.8) is 0 Å². The molecule has 0 atom stereocenters. The van der Waals surface area contributed by atoms with Gasteiger partial charge in [0.05, 0.1) is 20.3 Å². The fraction of sp³-hybridized carbons (Fsp3) is 0.118. The number of benzene rings is 1. The molecule has 0 aliphatic carbocycles. The molecule has 6 heteroatoms. The summed E-state index contributed by atoms with van der Waals surface area (Å²) in [6.07, 6.45) is 4.45. The third-order valence-electron chi connectivity index (χ3n) is 3.02. The highest BCUT2D eigenvalue weighted by Gasteiger charge is 2.13. The highest BCUT2D eigenvalue weighted by Crippen LogP contribution is 2.22. The number of nitrogens with zero attached hydrogens (tertiary/aromatic N) is 1. The van der Waals surface area contributed by atoms with E-state index in [1.165, 1.54) is 14.2 Å². The number of methoxy groups -OCH3 is 2. The molecule has 1 heterocycles. The van der Waals surface area contributed by atoms with Gasteiger partial charge < -0.3 is 14.8 Å². The summed E-state index contributed by atoms with van der Waals surface area (Å²) >= 11 is 0. The quantitative estimate of drug-likeness (QED) is 0.675. The maximum Gasteiger partial charge on any atom is 0.354 e. The van der Waals surface area contributed by atoms with Crippen LogP contribution in [0.15, 0.2) is 60.6 Å². The Morgan fingerprint density at radius 1 is 1.04 bits per heavy atom. The first-order valence-electron chi connectivity index (χ1n) is 6.79. The topological polar surface area (TPSA) is 77.5 Å². The summed E-state index contributed by atoms with van der Waals surface area (Å²) in [7, 11) is 2.47. The number of carbonyl (C=O) groups is 2. The summed E-state index contributed by atoms with van der Waals surface area (Å²) < 4.78 is 9.20. The van der Waals surface area contributed by atoms with Crippen molar-refractivity contribution in [2.24, 2.45) is 0 Å². The molecule has 0 radical (unpaired) electrons. The van der Waals surface area contributed by atoms with Crippen LogP contribution in [-0.4, -0.2) is 31.1 Å². The smallest absolute Gasteiger partial charge is 0.354 e. The number of carbonyl (C=O) groups excluding carboxylic acids is 2. The van der Waals surface area contributed by atoms with Crippen molar-refractivity contribution < 1.29 is 19.1 Å². The van der Waals surface area contributed by atoms with Gasteiger partial charge in [-0.25, -0.2) is 9.59 Å². The SMILES string of the molecule is COC(=O)/C=C(/Nc1cccc(-c2ccncc2)c1)C(=O)OC. The molecular weight excluding hydrogens is 296 g/mol. The van der Waals surface area contributed by atoms with Gasteiger partial charge in [-0.3, -0.25) is 4.98 Å². The van der Waals surface area contributed by atoms with Gasteiger partial charge in [0.25, 0.3) is 0 Å². The van der Waals surface area contributed by atoms with E-state index in [4.69, 9.17) is 0 Å². The van der Waals surface area contributed by atoms with Crippen LogP contribution in [0.2, 0.25) is 0 Å². The molecule has 0 saturated heterocycles. The fourth-order valence-electron chi connectivity index (χ4n) is 1.91. The number of anilines is 1. The van der Waals surface area contributed by atoms with Crippen LogP contribution in [0.3, 0.4) is 0 Å². The van der Waals surface area contributed by atoms with E-state index >= 15 is 0 Å². The minimum atomic E-state index is -0.662. The standard InChI is InChI=1S/C17H16N2O4/c1-22-16(20)11-15(17(21)23-2)19-14-5-3-4-13(10-14)12-6-8-18-9-7-12/h3-11,19H,1-2H3/b15-11+. The molecule has 2 rings (SSSR count). The van der Waals surface area contributed by atoms with E-state index in [2.05, 4.69) is 19.8 Å². The number of ether oxygens (including phenoxy) is 2. The Bertz CT molecular complexity index is 726. The second-order valence-electron chi connectivity index (χ2n) is 4.51. The lowest BCUT2D eigenvalue weighted by molar-refractivity contribution is -0.138. The monoisotopic (exact) mass is 312 g/mol. The molecule has 0 fully saturated rings. The number of hydrogen-bond acceptors (Lipinski definition) is 6. The van der Waals surface area contributed by atoms with Crippen LogP contribution in [0.1, 0.15) is 0 Å². The number of hydrogen-bond donors (Lipinski definition) is 1. The van der Waals surface area contributed by atoms with Crippen molar-refractivity contribution in [2.45, 2.75) is 0 Å². The Balaban J connectivity index is 2.29. The largest absolute Gasteiger partial charge is 0.466 e. The van der Waals surface area contributed by atoms with Crippen LogP contribution in [0, 0.1) is 0 Å². The molecule has 23 heavy (non-hydrogen) atoms. The second kappa shape index (κ2) is 7.74. The van der Waals surface area contributed by atoms with Crippen LogP contribution in [0.5, 0.6) is 0 Å². The predicted molar refractivity (Wildman–Crippen MR) is 85.4 cm³/mol. The minimum absolute atomic E-state index is 0.00812. The van der Waals surface area contributed by atoms with Gasteiger partial charge in [-0.15, -0.1) is 0 Å². The van der Waals surface area contributed by atoms with E-state index in [0.29, 0.717) is 5.69 Å². The summed E-state index contributed by atoms with van der Waals surface area (Å²) in [5.74, 6) is -1.31. The molecule has 0 unspecified atom stereocenters. The lowest BCUT2D eigenvalue weighted by atomic mass is 10.1. The van der Waals surface area contributed by atoms with E-state index in [0.717, 1.165) is 17.2 Å². The van der Waals surface area contributed by atoms with Gasteiger partial charge in [0, 0.05) is 18.1 Å². The number of pyridine rings is 1. The molecule has 6 nitrogen and oxygen atoms in total. The maximum absolute atomic E-state index is 11.8. The van der Waals surface area contributed by atoms with Gasteiger partial charge in [-0.2, -0.15) is 0 Å². The molecule has 0 aliphatic rings. The Labute approximate surface area is 133 Å². The highest BCUT2D eigenvalue weighted by molar-refractivity contribution is 5.98. The predicted octanol–water partition coefficient (Wildman–Crippen LogP) is 2.39. The van der Waals surface area contributed by atoms with Gasteiger partial charge in [0.2, 0.25) is 0 Å². The molecule has 1 aromatic heterocycles. The molecule has 1 aromatic carbocycles.